The predicted octanol–water partition coefficient (Wildman–Crippen LogP) is 2.37. The second-order valence-corrected chi connectivity index (χ2v) is 4.28. The lowest BCUT2D eigenvalue weighted by Crippen LogP contribution is -2.14. The van der Waals surface area contributed by atoms with Crippen LogP contribution in [0.15, 0.2) is 24.3 Å². The van der Waals surface area contributed by atoms with Crippen molar-refractivity contribution in [3.05, 3.63) is 35.4 Å². The maximum atomic E-state index is 6.02. The van der Waals surface area contributed by atoms with E-state index in [0.717, 1.165) is 6.42 Å². The van der Waals surface area contributed by atoms with Crippen LogP contribution in [-0.4, -0.2) is 0 Å². The average Bonchev–Trinajstić information content (AvgIpc) is 2.25. The summed E-state index contributed by atoms with van der Waals surface area (Å²) in [6.07, 6.45) is 1.08. The summed E-state index contributed by atoms with van der Waals surface area (Å²) in [7, 11) is 0. The van der Waals surface area contributed by atoms with Gasteiger partial charge in [-0.25, -0.2) is 0 Å². The van der Waals surface area contributed by atoms with Crippen molar-refractivity contribution in [2.75, 3.05) is 0 Å². The average molecular weight is 161 g/mol. The first-order chi connectivity index (χ1) is 5.61. The fraction of sp³-hybridized carbons (Fsp3) is 0.455. The van der Waals surface area contributed by atoms with Crippen LogP contribution in [0.4, 0.5) is 0 Å². The van der Waals surface area contributed by atoms with Crippen LogP contribution in [0.3, 0.4) is 0 Å². The van der Waals surface area contributed by atoms with Crippen LogP contribution >= 0.6 is 0 Å². The van der Waals surface area contributed by atoms with Gasteiger partial charge in [0.1, 0.15) is 0 Å². The third-order valence-corrected chi connectivity index (χ3v) is 2.82. The zero-order valence-corrected chi connectivity index (χ0v) is 7.67. The summed E-state index contributed by atoms with van der Waals surface area (Å²) in [5.41, 5.74) is 9.06. The van der Waals surface area contributed by atoms with E-state index in [4.69, 9.17) is 5.73 Å². The van der Waals surface area contributed by atoms with Crippen molar-refractivity contribution in [1.29, 1.82) is 0 Å². The standard InChI is InChI=1S/C11H15N/c1-11(2)7-10(12)8-5-3-4-6-9(8)11/h3-6,10H,7,12H2,1-2H3. The van der Waals surface area contributed by atoms with Gasteiger partial charge in [-0.15, -0.1) is 0 Å². The van der Waals surface area contributed by atoms with Crippen LogP contribution in [0.1, 0.15) is 37.4 Å². The predicted molar refractivity (Wildman–Crippen MR) is 51.0 cm³/mol. The van der Waals surface area contributed by atoms with Gasteiger partial charge < -0.3 is 5.73 Å². The summed E-state index contributed by atoms with van der Waals surface area (Å²) in [6, 6.07) is 8.76. The van der Waals surface area contributed by atoms with E-state index in [0.29, 0.717) is 0 Å². The first-order valence-corrected chi connectivity index (χ1v) is 4.46. The van der Waals surface area contributed by atoms with Crippen molar-refractivity contribution in [3.8, 4) is 0 Å². The number of rotatable bonds is 0. The molecule has 1 aliphatic carbocycles. The van der Waals surface area contributed by atoms with Gasteiger partial charge in [-0.05, 0) is 23.0 Å². The summed E-state index contributed by atoms with van der Waals surface area (Å²) in [5, 5.41) is 0. The lowest BCUT2D eigenvalue weighted by atomic mass is 9.87. The molecule has 0 fully saturated rings. The first kappa shape index (κ1) is 7.81. The molecule has 0 amide bonds. The van der Waals surface area contributed by atoms with Gasteiger partial charge in [0.15, 0.2) is 0 Å². The minimum Gasteiger partial charge on any atom is -0.324 e. The Hall–Kier alpha value is -0.820. The number of fused-ring (bicyclic) bond motifs is 1. The molecule has 1 aromatic rings. The van der Waals surface area contributed by atoms with Crippen molar-refractivity contribution in [2.45, 2.75) is 31.7 Å². The Bertz CT molecular complexity index is 302. The minimum absolute atomic E-state index is 0.246. The molecule has 1 aliphatic rings. The highest BCUT2D eigenvalue weighted by atomic mass is 14.7. The topological polar surface area (TPSA) is 26.0 Å². The molecule has 0 aromatic heterocycles. The van der Waals surface area contributed by atoms with Crippen LogP contribution in [-0.2, 0) is 5.41 Å². The smallest absolute Gasteiger partial charge is 0.0306 e. The van der Waals surface area contributed by atoms with E-state index in [-0.39, 0.29) is 11.5 Å². The number of hydrogen-bond acceptors (Lipinski definition) is 1. The number of hydrogen-bond donors (Lipinski definition) is 1. The Morgan fingerprint density at radius 3 is 2.67 bits per heavy atom. The fourth-order valence-corrected chi connectivity index (χ4v) is 2.21. The van der Waals surface area contributed by atoms with Crippen LogP contribution in [0, 0.1) is 0 Å². The Kier molecular flexibility index (Phi) is 1.52. The molecule has 64 valence electrons. The van der Waals surface area contributed by atoms with Crippen molar-refractivity contribution >= 4 is 0 Å². The van der Waals surface area contributed by atoms with Crippen molar-refractivity contribution < 1.29 is 0 Å². The third-order valence-electron chi connectivity index (χ3n) is 2.82. The molecule has 1 nitrogen and oxygen atoms in total. The summed E-state index contributed by atoms with van der Waals surface area (Å²) in [5.74, 6) is 0. The molecule has 2 N–H and O–H groups in total. The Balaban J connectivity index is 2.58. The molecule has 0 spiro atoms. The van der Waals surface area contributed by atoms with E-state index in [2.05, 4.69) is 38.1 Å². The first-order valence-electron chi connectivity index (χ1n) is 4.46. The molecular weight excluding hydrogens is 146 g/mol. The lowest BCUT2D eigenvalue weighted by molar-refractivity contribution is 0.481. The SMILES string of the molecule is CC1(C)CC(N)c2ccccc21. The van der Waals surface area contributed by atoms with Gasteiger partial charge in [0, 0.05) is 6.04 Å². The quantitative estimate of drug-likeness (QED) is 0.621. The second kappa shape index (κ2) is 2.33. The van der Waals surface area contributed by atoms with Crippen molar-refractivity contribution in [3.63, 3.8) is 0 Å². The highest BCUT2D eigenvalue weighted by Gasteiger charge is 2.34. The third kappa shape index (κ3) is 0.969. The molecule has 1 heteroatoms. The van der Waals surface area contributed by atoms with E-state index >= 15 is 0 Å². The maximum absolute atomic E-state index is 6.02. The van der Waals surface area contributed by atoms with Gasteiger partial charge >= 0.3 is 0 Å². The number of benzene rings is 1. The molecule has 0 saturated heterocycles. The van der Waals surface area contributed by atoms with Crippen molar-refractivity contribution in [1.82, 2.24) is 0 Å². The van der Waals surface area contributed by atoms with E-state index in [1.54, 1.807) is 0 Å². The molecule has 1 atom stereocenters. The van der Waals surface area contributed by atoms with E-state index < -0.39 is 0 Å². The van der Waals surface area contributed by atoms with Gasteiger partial charge in [0.25, 0.3) is 0 Å². The van der Waals surface area contributed by atoms with Gasteiger partial charge in [-0.2, -0.15) is 0 Å². The number of nitrogens with two attached hydrogens (primary N) is 1. The Morgan fingerprint density at radius 1 is 1.33 bits per heavy atom. The van der Waals surface area contributed by atoms with Gasteiger partial charge in [0.05, 0.1) is 0 Å². The lowest BCUT2D eigenvalue weighted by Gasteiger charge is -2.18. The second-order valence-electron chi connectivity index (χ2n) is 4.28. The van der Waals surface area contributed by atoms with Gasteiger partial charge in [-0.1, -0.05) is 38.1 Å². The summed E-state index contributed by atoms with van der Waals surface area (Å²) < 4.78 is 0. The molecule has 0 radical (unpaired) electrons. The molecule has 2 rings (SSSR count). The minimum atomic E-state index is 0.246. The molecule has 0 saturated carbocycles. The fourth-order valence-electron chi connectivity index (χ4n) is 2.21. The largest absolute Gasteiger partial charge is 0.324 e. The summed E-state index contributed by atoms with van der Waals surface area (Å²) >= 11 is 0. The van der Waals surface area contributed by atoms with Crippen LogP contribution in [0.25, 0.3) is 0 Å². The molecule has 12 heavy (non-hydrogen) atoms. The maximum Gasteiger partial charge on any atom is 0.0306 e. The molecule has 0 bridgehead atoms. The zero-order chi connectivity index (χ0) is 8.77. The molecule has 1 unspecified atom stereocenters. The van der Waals surface area contributed by atoms with Crippen LogP contribution in [0.2, 0.25) is 0 Å². The summed E-state index contributed by atoms with van der Waals surface area (Å²) in [6.45, 7) is 4.53. The Morgan fingerprint density at radius 2 is 2.00 bits per heavy atom. The van der Waals surface area contributed by atoms with E-state index in [1.807, 2.05) is 0 Å². The molecule has 0 aliphatic heterocycles. The molecule has 0 heterocycles. The molecule has 1 aromatic carbocycles. The van der Waals surface area contributed by atoms with Crippen LogP contribution in [0.5, 0.6) is 0 Å². The highest BCUT2D eigenvalue weighted by molar-refractivity contribution is 5.40. The summed E-state index contributed by atoms with van der Waals surface area (Å²) in [4.78, 5) is 0. The van der Waals surface area contributed by atoms with E-state index in [9.17, 15) is 0 Å². The van der Waals surface area contributed by atoms with Crippen LogP contribution < -0.4 is 5.73 Å². The van der Waals surface area contributed by atoms with E-state index in [1.165, 1.54) is 11.1 Å². The van der Waals surface area contributed by atoms with Crippen molar-refractivity contribution in [2.24, 2.45) is 5.73 Å². The Labute approximate surface area is 73.6 Å². The highest BCUT2D eigenvalue weighted by Crippen LogP contribution is 2.42. The zero-order valence-electron chi connectivity index (χ0n) is 7.67. The molecular formula is C11H15N. The van der Waals surface area contributed by atoms with Gasteiger partial charge in [-0.3, -0.25) is 0 Å². The normalized spacial score (nSPS) is 25.4. The van der Waals surface area contributed by atoms with Gasteiger partial charge in [0.2, 0.25) is 0 Å². The monoisotopic (exact) mass is 161 g/mol.